The Bertz CT molecular complexity index is 853. The molecule has 2 unspecified atom stereocenters. The largest absolute Gasteiger partial charge is 0.380 e. The van der Waals surface area contributed by atoms with E-state index in [9.17, 15) is 19.8 Å². The molecule has 0 aromatic heterocycles. The Balaban J connectivity index is 1.90. The minimum Gasteiger partial charge on any atom is -0.380 e. The molecular weight excluding hydrogens is 415 g/mol. The number of aliphatic hydroxyl groups is 2. The average Bonchev–Trinajstić information content (AvgIpc) is 2.96. The maximum Gasteiger partial charge on any atom is 0.197 e. The first-order valence-electron chi connectivity index (χ1n) is 8.02. The zero-order chi connectivity index (χ0) is 19.8. The Labute approximate surface area is 170 Å². The van der Waals surface area contributed by atoms with Crippen LogP contribution in [0.15, 0.2) is 48.5 Å². The molecule has 0 saturated carbocycles. The molecule has 0 amide bonds. The van der Waals surface area contributed by atoms with Crippen molar-refractivity contribution >= 4 is 46.4 Å². The summed E-state index contributed by atoms with van der Waals surface area (Å²) in [6, 6.07) is 11.8. The van der Waals surface area contributed by atoms with E-state index < -0.39 is 34.9 Å². The number of hydrogen-bond acceptors (Lipinski definition) is 5. The van der Waals surface area contributed by atoms with E-state index >= 15 is 0 Å². The Hall–Kier alpha value is -1.47. The van der Waals surface area contributed by atoms with Crippen LogP contribution in [0.25, 0.3) is 0 Å². The molecule has 4 atom stereocenters. The summed E-state index contributed by atoms with van der Waals surface area (Å²) in [6.07, 6.45) is -3.52. The van der Waals surface area contributed by atoms with Gasteiger partial charge in [-0.1, -0.05) is 46.9 Å². The summed E-state index contributed by atoms with van der Waals surface area (Å²) in [6.45, 7) is 0. The van der Waals surface area contributed by atoms with Crippen molar-refractivity contribution in [2.24, 2.45) is 0 Å². The number of benzene rings is 2. The molecule has 0 bridgehead atoms. The van der Waals surface area contributed by atoms with Crippen molar-refractivity contribution in [1.82, 2.24) is 0 Å². The minimum atomic E-state index is -2.20. The predicted molar refractivity (Wildman–Crippen MR) is 101 cm³/mol. The molecule has 0 spiro atoms. The van der Waals surface area contributed by atoms with E-state index in [1.165, 1.54) is 48.5 Å². The zero-order valence-electron chi connectivity index (χ0n) is 13.8. The lowest BCUT2D eigenvalue weighted by atomic mass is 9.83. The molecule has 2 N–H and O–H groups in total. The molecule has 27 heavy (non-hydrogen) atoms. The van der Waals surface area contributed by atoms with Gasteiger partial charge in [-0.25, -0.2) is 0 Å². The molecule has 2 aromatic carbocycles. The first kappa shape index (κ1) is 20.3. The van der Waals surface area contributed by atoms with E-state index in [1.807, 2.05) is 0 Å². The third-order valence-corrected chi connectivity index (χ3v) is 5.16. The Morgan fingerprint density at radius 3 is 2.11 bits per heavy atom. The third kappa shape index (κ3) is 4.04. The van der Waals surface area contributed by atoms with Crippen LogP contribution in [0.1, 0.15) is 28.4 Å². The first-order valence-corrected chi connectivity index (χ1v) is 9.21. The lowest BCUT2D eigenvalue weighted by molar-refractivity contribution is -0.144. The van der Waals surface area contributed by atoms with Crippen molar-refractivity contribution < 1.29 is 24.5 Å². The Morgan fingerprint density at radius 1 is 1.04 bits per heavy atom. The van der Waals surface area contributed by atoms with Crippen molar-refractivity contribution in [2.45, 2.75) is 29.8 Å². The monoisotopic (exact) mass is 428 g/mol. The van der Waals surface area contributed by atoms with Gasteiger partial charge in [0.2, 0.25) is 0 Å². The number of alkyl halides is 1. The van der Waals surface area contributed by atoms with Crippen LogP contribution in [0, 0.1) is 0 Å². The lowest BCUT2D eigenvalue weighted by Crippen LogP contribution is -2.51. The zero-order valence-corrected chi connectivity index (χ0v) is 16.1. The molecule has 0 aliphatic carbocycles. The molecule has 1 heterocycles. The molecule has 1 fully saturated rings. The van der Waals surface area contributed by atoms with Gasteiger partial charge < -0.3 is 14.9 Å². The second kappa shape index (κ2) is 7.87. The molecule has 8 heteroatoms. The third-order valence-electron chi connectivity index (χ3n) is 4.40. The van der Waals surface area contributed by atoms with Crippen LogP contribution >= 0.6 is 34.8 Å². The fourth-order valence-electron chi connectivity index (χ4n) is 2.98. The van der Waals surface area contributed by atoms with Crippen LogP contribution in [0.3, 0.4) is 0 Å². The van der Waals surface area contributed by atoms with Gasteiger partial charge in [0.1, 0.15) is 11.7 Å². The van der Waals surface area contributed by atoms with Crippen molar-refractivity contribution in [3.63, 3.8) is 0 Å². The van der Waals surface area contributed by atoms with Crippen LogP contribution in [0.2, 0.25) is 10.0 Å². The van der Waals surface area contributed by atoms with E-state index in [-0.39, 0.29) is 17.5 Å². The molecule has 3 rings (SSSR count). The fourth-order valence-corrected chi connectivity index (χ4v) is 3.57. The summed E-state index contributed by atoms with van der Waals surface area (Å²) >= 11 is 17.6. The van der Waals surface area contributed by atoms with Gasteiger partial charge in [-0.05, 0) is 42.0 Å². The first-order chi connectivity index (χ1) is 12.7. The fraction of sp³-hybridized carbons (Fsp3) is 0.263. The van der Waals surface area contributed by atoms with Gasteiger partial charge in [0.15, 0.2) is 23.3 Å². The minimum absolute atomic E-state index is 0.148. The van der Waals surface area contributed by atoms with Crippen LogP contribution in [0.4, 0.5) is 0 Å². The highest BCUT2D eigenvalue weighted by atomic mass is 35.5. The van der Waals surface area contributed by atoms with Gasteiger partial charge >= 0.3 is 0 Å². The van der Waals surface area contributed by atoms with Crippen LogP contribution in [0.5, 0.6) is 0 Å². The van der Waals surface area contributed by atoms with E-state index in [4.69, 9.17) is 39.5 Å². The number of carbonyl (C=O) groups is 2. The van der Waals surface area contributed by atoms with Crippen LogP contribution in [-0.2, 0) is 9.53 Å². The molecule has 1 saturated heterocycles. The van der Waals surface area contributed by atoms with Gasteiger partial charge in [-0.2, -0.15) is 0 Å². The molecule has 2 aromatic rings. The normalized spacial score (nSPS) is 26.0. The predicted octanol–water partition coefficient (Wildman–Crippen LogP) is 3.56. The molecule has 5 nitrogen and oxygen atoms in total. The standard InChI is InChI=1S/C19H15Cl3O5/c20-12-5-1-10(2-6-12)15(23)16(24)18-19(26,9-14(22)27-18)17(25)11-3-7-13(21)8-4-11/h1-8,14-15,18,23,26H,9H2/t14?,15?,18-,19-/m1/s1. The lowest BCUT2D eigenvalue weighted by Gasteiger charge is -2.27. The van der Waals surface area contributed by atoms with E-state index in [1.54, 1.807) is 0 Å². The van der Waals surface area contributed by atoms with Crippen molar-refractivity contribution in [2.75, 3.05) is 0 Å². The molecule has 1 aliphatic rings. The SMILES string of the molecule is O=C(C(O)c1ccc(Cl)cc1)[C@H]1OC(Cl)C[C@@]1(O)C(=O)c1ccc(Cl)cc1. The summed E-state index contributed by atoms with van der Waals surface area (Å²) < 4.78 is 5.30. The van der Waals surface area contributed by atoms with E-state index in [0.29, 0.717) is 10.0 Å². The highest BCUT2D eigenvalue weighted by molar-refractivity contribution is 6.31. The molecule has 0 radical (unpaired) electrons. The smallest absolute Gasteiger partial charge is 0.197 e. The summed E-state index contributed by atoms with van der Waals surface area (Å²) in [5.41, 5.74) is -2.86. The molecule has 142 valence electrons. The second-order valence-electron chi connectivity index (χ2n) is 6.25. The molecule has 1 aliphatic heterocycles. The summed E-state index contributed by atoms with van der Waals surface area (Å²) in [5.74, 6) is -1.60. The van der Waals surface area contributed by atoms with Gasteiger partial charge in [-0.15, -0.1) is 0 Å². The molecular formula is C19H15Cl3O5. The van der Waals surface area contributed by atoms with Crippen molar-refractivity contribution in [1.29, 1.82) is 0 Å². The van der Waals surface area contributed by atoms with Crippen molar-refractivity contribution in [3.05, 3.63) is 69.7 Å². The maximum atomic E-state index is 12.9. The summed E-state index contributed by atoms with van der Waals surface area (Å²) in [4.78, 5) is 25.6. The summed E-state index contributed by atoms with van der Waals surface area (Å²) in [7, 11) is 0. The number of ketones is 2. The average molecular weight is 430 g/mol. The number of Topliss-reactive ketones (excluding diaryl/α,β-unsaturated/α-hetero) is 2. The second-order valence-corrected chi connectivity index (χ2v) is 7.61. The van der Waals surface area contributed by atoms with Gasteiger partial charge in [0.05, 0.1) is 0 Å². The van der Waals surface area contributed by atoms with Crippen LogP contribution < -0.4 is 0 Å². The summed E-state index contributed by atoms with van der Waals surface area (Å²) in [5, 5.41) is 22.2. The number of halogens is 3. The quantitative estimate of drug-likeness (QED) is 0.561. The van der Waals surface area contributed by atoms with Gasteiger partial charge in [0, 0.05) is 22.0 Å². The van der Waals surface area contributed by atoms with Gasteiger partial charge in [0.25, 0.3) is 0 Å². The topological polar surface area (TPSA) is 83.8 Å². The number of aliphatic hydroxyl groups excluding tert-OH is 1. The van der Waals surface area contributed by atoms with E-state index in [0.717, 1.165) is 0 Å². The number of hydrogen-bond donors (Lipinski definition) is 2. The Kier molecular flexibility index (Phi) is 5.91. The van der Waals surface area contributed by atoms with Gasteiger partial charge in [-0.3, -0.25) is 9.59 Å². The highest BCUT2D eigenvalue weighted by Gasteiger charge is 2.56. The number of carbonyl (C=O) groups excluding carboxylic acids is 2. The highest BCUT2D eigenvalue weighted by Crippen LogP contribution is 2.38. The number of rotatable bonds is 5. The maximum absolute atomic E-state index is 12.9. The number of ether oxygens (including phenoxy) is 1. The Morgan fingerprint density at radius 2 is 1.56 bits per heavy atom. The van der Waals surface area contributed by atoms with E-state index in [2.05, 4.69) is 0 Å². The van der Waals surface area contributed by atoms with Crippen LogP contribution in [-0.4, -0.2) is 39.0 Å². The van der Waals surface area contributed by atoms with Crippen molar-refractivity contribution in [3.8, 4) is 0 Å².